The highest BCUT2D eigenvalue weighted by atomic mass is 35.5. The Kier molecular flexibility index (Phi) is 6.29. The van der Waals surface area contributed by atoms with Crippen molar-refractivity contribution in [2.75, 3.05) is 6.61 Å². The highest BCUT2D eigenvalue weighted by molar-refractivity contribution is 6.17. The topological polar surface area (TPSA) is 101 Å². The number of hydrogen-bond acceptors (Lipinski definition) is 6. The molecule has 6 nitrogen and oxygen atoms in total. The number of carbonyl (C=O) groups is 3. The summed E-state index contributed by atoms with van der Waals surface area (Å²) in [6.45, 7) is 3.47. The van der Waals surface area contributed by atoms with Gasteiger partial charge in [-0.15, -0.1) is 11.6 Å². The number of rotatable bonds is 5. The van der Waals surface area contributed by atoms with Crippen molar-refractivity contribution in [3.8, 4) is 0 Å². The van der Waals surface area contributed by atoms with Gasteiger partial charge in [-0.2, -0.15) is 0 Å². The van der Waals surface area contributed by atoms with E-state index in [0.29, 0.717) is 12.0 Å². The molecule has 0 aliphatic heterocycles. The standard InChI is InChI=1S/C29H33ClO6/c1-27-10-8-20(31)13-19(27)6-7-21-22-9-11-29(35,28(22,2)14-23(32)25(21)27)24(33)16-36-26(34)18-5-3-4-17(12-18)15-30/h3-5,8,10,12-13,21-23,25,32,35H,6-7,9,11,14-16H2,1-2H3/t21-,22-,23?,25+,27-,28-,29-/m0/s1. The number of ether oxygens (including phenoxy) is 1. The number of hydrogen-bond donors (Lipinski definition) is 2. The largest absolute Gasteiger partial charge is 0.454 e. The van der Waals surface area contributed by atoms with Crippen molar-refractivity contribution in [3.05, 3.63) is 59.2 Å². The van der Waals surface area contributed by atoms with Crippen LogP contribution in [0.5, 0.6) is 0 Å². The van der Waals surface area contributed by atoms with Crippen LogP contribution in [0.3, 0.4) is 0 Å². The molecule has 0 radical (unpaired) electrons. The summed E-state index contributed by atoms with van der Waals surface area (Å²) < 4.78 is 5.32. The van der Waals surface area contributed by atoms with Crippen LogP contribution in [0.15, 0.2) is 48.1 Å². The Morgan fingerprint density at radius 2 is 2.00 bits per heavy atom. The van der Waals surface area contributed by atoms with E-state index < -0.39 is 40.9 Å². The number of allylic oxidation sites excluding steroid dienone is 4. The number of benzene rings is 1. The van der Waals surface area contributed by atoms with Gasteiger partial charge in [-0.05, 0) is 73.8 Å². The minimum atomic E-state index is -1.68. The molecule has 1 aromatic carbocycles. The smallest absolute Gasteiger partial charge is 0.338 e. The van der Waals surface area contributed by atoms with Crippen molar-refractivity contribution in [1.82, 2.24) is 0 Å². The zero-order valence-corrected chi connectivity index (χ0v) is 21.5. The Morgan fingerprint density at radius 1 is 1.22 bits per heavy atom. The molecular weight excluding hydrogens is 480 g/mol. The van der Waals surface area contributed by atoms with Gasteiger partial charge in [-0.3, -0.25) is 9.59 Å². The monoisotopic (exact) mass is 512 g/mol. The molecule has 0 spiro atoms. The van der Waals surface area contributed by atoms with E-state index in [1.807, 2.05) is 13.0 Å². The van der Waals surface area contributed by atoms with Crippen molar-refractivity contribution < 1.29 is 29.3 Å². The summed E-state index contributed by atoms with van der Waals surface area (Å²) in [7, 11) is 0. The predicted octanol–water partition coefficient (Wildman–Crippen LogP) is 4.16. The SMILES string of the molecule is C[C@]12C=CC(=O)C=C1CC[C@@H]1[C@@H]2C(O)C[C@@]2(C)[C@H]1CC[C@]2(O)C(=O)COC(=O)c1cccc(CCl)c1. The van der Waals surface area contributed by atoms with Crippen molar-refractivity contribution in [2.24, 2.45) is 28.6 Å². The molecule has 3 saturated carbocycles. The third-order valence-corrected chi connectivity index (χ3v) is 10.1. The maximum Gasteiger partial charge on any atom is 0.338 e. The number of aliphatic hydroxyl groups excluding tert-OH is 1. The zero-order valence-electron chi connectivity index (χ0n) is 20.7. The first kappa shape index (κ1) is 25.4. The number of ketones is 2. The van der Waals surface area contributed by atoms with Crippen LogP contribution in [-0.4, -0.2) is 46.1 Å². The van der Waals surface area contributed by atoms with E-state index in [9.17, 15) is 24.6 Å². The van der Waals surface area contributed by atoms with Crippen LogP contribution < -0.4 is 0 Å². The third-order valence-electron chi connectivity index (χ3n) is 9.76. The fraction of sp³-hybridized carbons (Fsp3) is 0.552. The normalized spacial score (nSPS) is 39.0. The average molecular weight is 513 g/mol. The summed E-state index contributed by atoms with van der Waals surface area (Å²) in [5.74, 6) is -0.842. The van der Waals surface area contributed by atoms with Gasteiger partial charge < -0.3 is 14.9 Å². The van der Waals surface area contributed by atoms with E-state index >= 15 is 0 Å². The summed E-state index contributed by atoms with van der Waals surface area (Å²) in [5.41, 5.74) is -0.788. The van der Waals surface area contributed by atoms with Crippen molar-refractivity contribution >= 4 is 29.1 Å². The molecule has 1 unspecified atom stereocenters. The number of alkyl halides is 1. The highest BCUT2D eigenvalue weighted by Crippen LogP contribution is 2.67. The van der Waals surface area contributed by atoms with E-state index in [4.69, 9.17) is 16.3 Å². The second-order valence-corrected chi connectivity index (χ2v) is 11.7. The van der Waals surface area contributed by atoms with Crippen molar-refractivity contribution in [2.45, 2.75) is 63.5 Å². The minimum absolute atomic E-state index is 0.0131. The van der Waals surface area contributed by atoms with E-state index in [1.54, 1.807) is 36.4 Å². The summed E-state index contributed by atoms with van der Waals surface area (Å²) in [6, 6.07) is 6.72. The van der Waals surface area contributed by atoms with E-state index in [2.05, 4.69) is 6.92 Å². The number of halogens is 1. The van der Waals surface area contributed by atoms with E-state index in [1.165, 1.54) is 0 Å². The molecular formula is C29H33ClO6. The molecule has 0 saturated heterocycles. The van der Waals surface area contributed by atoms with Crippen molar-refractivity contribution in [1.29, 1.82) is 0 Å². The zero-order chi connectivity index (χ0) is 25.9. The Balaban J connectivity index is 1.35. The molecule has 1 aromatic rings. The molecule has 0 heterocycles. The summed E-state index contributed by atoms with van der Waals surface area (Å²) in [6.07, 6.45) is 7.29. The molecule has 192 valence electrons. The molecule has 4 aliphatic rings. The quantitative estimate of drug-likeness (QED) is 0.454. The van der Waals surface area contributed by atoms with Crippen molar-refractivity contribution in [3.63, 3.8) is 0 Å². The first-order valence-corrected chi connectivity index (χ1v) is 13.3. The van der Waals surface area contributed by atoms with Gasteiger partial charge in [0, 0.05) is 22.6 Å². The molecule has 7 atom stereocenters. The molecule has 4 aliphatic carbocycles. The molecule has 0 aromatic heterocycles. The fourth-order valence-corrected chi connectivity index (χ4v) is 8.07. The van der Waals surface area contributed by atoms with Gasteiger partial charge >= 0.3 is 5.97 Å². The van der Waals surface area contributed by atoms with Gasteiger partial charge in [0.1, 0.15) is 5.60 Å². The lowest BCUT2D eigenvalue weighted by Gasteiger charge is -2.59. The maximum atomic E-state index is 13.4. The van der Waals surface area contributed by atoms with Gasteiger partial charge in [0.15, 0.2) is 12.4 Å². The molecule has 3 fully saturated rings. The Morgan fingerprint density at radius 3 is 2.75 bits per heavy atom. The van der Waals surface area contributed by atoms with Crippen LogP contribution in [0.2, 0.25) is 0 Å². The molecule has 0 bridgehead atoms. The van der Waals surface area contributed by atoms with Gasteiger partial charge in [0.25, 0.3) is 0 Å². The van der Waals surface area contributed by atoms with Crippen LogP contribution in [0.1, 0.15) is 61.9 Å². The van der Waals surface area contributed by atoms with Gasteiger partial charge in [-0.1, -0.05) is 37.6 Å². The van der Waals surface area contributed by atoms with Crippen LogP contribution in [0.4, 0.5) is 0 Å². The van der Waals surface area contributed by atoms with Gasteiger partial charge in [0.05, 0.1) is 11.7 Å². The van der Waals surface area contributed by atoms with Crippen LogP contribution in [0.25, 0.3) is 0 Å². The number of esters is 1. The minimum Gasteiger partial charge on any atom is -0.454 e. The average Bonchev–Trinajstić information content (AvgIpc) is 3.13. The summed E-state index contributed by atoms with van der Waals surface area (Å²) in [4.78, 5) is 37.9. The Bertz CT molecular complexity index is 1170. The van der Waals surface area contributed by atoms with E-state index in [-0.39, 0.29) is 42.3 Å². The fourth-order valence-electron chi connectivity index (χ4n) is 7.90. The van der Waals surface area contributed by atoms with Gasteiger partial charge in [-0.25, -0.2) is 4.79 Å². The van der Waals surface area contributed by atoms with Crippen LogP contribution in [0, 0.1) is 28.6 Å². The first-order chi connectivity index (χ1) is 17.0. The lowest BCUT2D eigenvalue weighted by molar-refractivity contribution is -0.178. The number of Topliss-reactive ketones (excluding diaryl/α,β-unsaturated/α-hetero) is 1. The molecule has 5 rings (SSSR count). The van der Waals surface area contributed by atoms with Gasteiger partial charge in [0.2, 0.25) is 5.78 Å². The lowest BCUT2D eigenvalue weighted by atomic mass is 9.46. The third kappa shape index (κ3) is 3.72. The number of aliphatic hydroxyl groups is 2. The predicted molar refractivity (Wildman–Crippen MR) is 134 cm³/mol. The number of fused-ring (bicyclic) bond motifs is 5. The lowest BCUT2D eigenvalue weighted by Crippen LogP contribution is -2.61. The molecule has 7 heteroatoms. The first-order valence-electron chi connectivity index (χ1n) is 12.7. The summed E-state index contributed by atoms with van der Waals surface area (Å²) >= 11 is 5.85. The molecule has 36 heavy (non-hydrogen) atoms. The van der Waals surface area contributed by atoms with Crippen LogP contribution in [-0.2, 0) is 20.2 Å². The maximum absolute atomic E-state index is 13.4. The Hall–Kier alpha value is -2.28. The van der Waals surface area contributed by atoms with E-state index in [0.717, 1.165) is 24.0 Å². The second kappa shape index (κ2) is 8.93. The number of carbonyl (C=O) groups excluding carboxylic acids is 3. The molecule has 0 amide bonds. The second-order valence-electron chi connectivity index (χ2n) is 11.4. The highest BCUT2D eigenvalue weighted by Gasteiger charge is 2.68. The van der Waals surface area contributed by atoms with Crippen LogP contribution >= 0.6 is 11.6 Å². The summed E-state index contributed by atoms with van der Waals surface area (Å²) in [5, 5.41) is 23.2. The molecule has 2 N–H and O–H groups in total. The Labute approximate surface area is 216 Å².